The van der Waals surface area contributed by atoms with Crippen molar-refractivity contribution in [1.82, 2.24) is 9.38 Å². The lowest BCUT2D eigenvalue weighted by atomic mass is 10.1. The Morgan fingerprint density at radius 1 is 0.786 bits per heavy atom. The predicted molar refractivity (Wildman–Crippen MR) is 113 cm³/mol. The number of carbonyl (C=O) groups excluding carboxylic acids is 1. The SMILES string of the molecule is O=C(Nc1c(-c2ccc3ccccc3c2)nc2ccccn12)c1ccccc1. The monoisotopic (exact) mass is 363 g/mol. The molecule has 28 heavy (non-hydrogen) atoms. The molecule has 5 rings (SSSR count). The summed E-state index contributed by atoms with van der Waals surface area (Å²) in [6.45, 7) is 0. The van der Waals surface area contributed by atoms with E-state index in [0.717, 1.165) is 22.3 Å². The van der Waals surface area contributed by atoms with E-state index in [1.165, 1.54) is 5.39 Å². The fourth-order valence-corrected chi connectivity index (χ4v) is 3.42. The molecule has 0 atom stereocenters. The first-order valence-corrected chi connectivity index (χ1v) is 9.12. The molecule has 5 aromatic rings. The lowest BCUT2D eigenvalue weighted by Crippen LogP contribution is -2.13. The minimum Gasteiger partial charge on any atom is -0.306 e. The van der Waals surface area contributed by atoms with Crippen LogP contribution in [-0.4, -0.2) is 15.3 Å². The maximum Gasteiger partial charge on any atom is 0.256 e. The minimum atomic E-state index is -0.159. The van der Waals surface area contributed by atoms with E-state index in [-0.39, 0.29) is 5.91 Å². The molecule has 0 fully saturated rings. The molecule has 0 aliphatic rings. The Kier molecular flexibility index (Phi) is 3.87. The molecule has 4 nitrogen and oxygen atoms in total. The van der Waals surface area contributed by atoms with Crippen molar-refractivity contribution in [2.45, 2.75) is 0 Å². The van der Waals surface area contributed by atoms with Crippen molar-refractivity contribution < 1.29 is 4.79 Å². The summed E-state index contributed by atoms with van der Waals surface area (Å²) in [5.41, 5.74) is 3.11. The second-order valence-electron chi connectivity index (χ2n) is 6.62. The van der Waals surface area contributed by atoms with E-state index in [1.807, 2.05) is 65.2 Å². The van der Waals surface area contributed by atoms with Gasteiger partial charge in [-0.25, -0.2) is 4.98 Å². The molecule has 0 saturated heterocycles. The summed E-state index contributed by atoms with van der Waals surface area (Å²) in [5, 5.41) is 5.37. The lowest BCUT2D eigenvalue weighted by Gasteiger charge is -2.08. The van der Waals surface area contributed by atoms with Gasteiger partial charge < -0.3 is 5.32 Å². The molecule has 1 N–H and O–H groups in total. The van der Waals surface area contributed by atoms with Crippen molar-refractivity contribution in [2.24, 2.45) is 0 Å². The quantitative estimate of drug-likeness (QED) is 0.466. The van der Waals surface area contributed by atoms with Crippen LogP contribution >= 0.6 is 0 Å². The molecule has 0 aliphatic heterocycles. The number of amides is 1. The summed E-state index contributed by atoms with van der Waals surface area (Å²) in [7, 11) is 0. The third kappa shape index (κ3) is 2.81. The summed E-state index contributed by atoms with van der Waals surface area (Å²) < 4.78 is 1.91. The third-order valence-electron chi connectivity index (χ3n) is 4.82. The van der Waals surface area contributed by atoms with E-state index in [1.54, 1.807) is 12.1 Å². The molecule has 0 bridgehead atoms. The molecule has 3 aromatic carbocycles. The zero-order valence-corrected chi connectivity index (χ0v) is 15.0. The van der Waals surface area contributed by atoms with E-state index >= 15 is 0 Å². The van der Waals surface area contributed by atoms with Crippen LogP contribution in [-0.2, 0) is 0 Å². The summed E-state index contributed by atoms with van der Waals surface area (Å²) in [4.78, 5) is 17.6. The average Bonchev–Trinajstić information content (AvgIpc) is 3.12. The number of imidazole rings is 1. The molecule has 2 heterocycles. The first kappa shape index (κ1) is 16.3. The standard InChI is InChI=1S/C24H17N3O/c28-24(18-9-2-1-3-10-18)26-23-22(25-21-12-6-7-15-27(21)23)20-14-13-17-8-4-5-11-19(17)16-20/h1-16H,(H,26,28). The lowest BCUT2D eigenvalue weighted by molar-refractivity contribution is 0.102. The van der Waals surface area contributed by atoms with Gasteiger partial charge in [0.05, 0.1) is 0 Å². The highest BCUT2D eigenvalue weighted by Gasteiger charge is 2.17. The molecule has 2 aromatic heterocycles. The van der Waals surface area contributed by atoms with Gasteiger partial charge in [-0.2, -0.15) is 0 Å². The highest BCUT2D eigenvalue weighted by Crippen LogP contribution is 2.31. The maximum atomic E-state index is 12.8. The van der Waals surface area contributed by atoms with E-state index < -0.39 is 0 Å². The average molecular weight is 363 g/mol. The maximum absolute atomic E-state index is 12.8. The van der Waals surface area contributed by atoms with Crippen molar-refractivity contribution in [1.29, 1.82) is 0 Å². The van der Waals surface area contributed by atoms with E-state index in [0.29, 0.717) is 11.4 Å². The highest BCUT2D eigenvalue weighted by atomic mass is 16.1. The third-order valence-corrected chi connectivity index (χ3v) is 4.82. The van der Waals surface area contributed by atoms with Crippen LogP contribution in [0.2, 0.25) is 0 Å². The molecular formula is C24H17N3O. The van der Waals surface area contributed by atoms with E-state index in [2.05, 4.69) is 29.6 Å². The summed E-state index contributed by atoms with van der Waals surface area (Å²) in [6.07, 6.45) is 1.91. The summed E-state index contributed by atoms with van der Waals surface area (Å²) >= 11 is 0. The van der Waals surface area contributed by atoms with Crippen molar-refractivity contribution in [3.63, 3.8) is 0 Å². The van der Waals surface area contributed by atoms with Crippen molar-refractivity contribution in [3.05, 3.63) is 103 Å². The van der Waals surface area contributed by atoms with Gasteiger partial charge in [0, 0.05) is 17.3 Å². The first-order valence-electron chi connectivity index (χ1n) is 9.12. The van der Waals surface area contributed by atoms with Crippen LogP contribution in [0.5, 0.6) is 0 Å². The van der Waals surface area contributed by atoms with Crippen molar-refractivity contribution in [2.75, 3.05) is 5.32 Å². The molecule has 0 aliphatic carbocycles. The van der Waals surface area contributed by atoms with Gasteiger partial charge >= 0.3 is 0 Å². The smallest absolute Gasteiger partial charge is 0.256 e. The van der Waals surface area contributed by atoms with Crippen LogP contribution in [0.1, 0.15) is 10.4 Å². The molecule has 0 unspecified atom stereocenters. The number of carbonyl (C=O) groups is 1. The second kappa shape index (κ2) is 6.67. The Hall–Kier alpha value is -3.92. The number of benzene rings is 3. The van der Waals surface area contributed by atoms with E-state index in [9.17, 15) is 4.79 Å². The highest BCUT2D eigenvalue weighted by molar-refractivity contribution is 6.06. The molecule has 0 saturated carbocycles. The number of fused-ring (bicyclic) bond motifs is 2. The number of rotatable bonds is 3. The van der Waals surface area contributed by atoms with Crippen molar-refractivity contribution in [3.8, 4) is 11.3 Å². The Morgan fingerprint density at radius 3 is 2.39 bits per heavy atom. The Morgan fingerprint density at radius 2 is 1.54 bits per heavy atom. The fraction of sp³-hybridized carbons (Fsp3) is 0. The van der Waals surface area contributed by atoms with Crippen LogP contribution in [0.4, 0.5) is 5.82 Å². The molecule has 0 radical (unpaired) electrons. The summed E-state index contributed by atoms with van der Waals surface area (Å²) in [5.74, 6) is 0.507. The number of pyridine rings is 1. The van der Waals surface area contributed by atoms with Crippen LogP contribution in [0, 0.1) is 0 Å². The number of anilines is 1. The topological polar surface area (TPSA) is 46.4 Å². The van der Waals surface area contributed by atoms with Crippen LogP contribution in [0.25, 0.3) is 27.7 Å². The van der Waals surface area contributed by atoms with Gasteiger partial charge in [0.2, 0.25) is 0 Å². The summed E-state index contributed by atoms with van der Waals surface area (Å²) in [6, 6.07) is 29.4. The number of nitrogens with one attached hydrogen (secondary N) is 1. The van der Waals surface area contributed by atoms with Gasteiger partial charge in [0.1, 0.15) is 17.2 Å². The fourth-order valence-electron chi connectivity index (χ4n) is 3.42. The zero-order chi connectivity index (χ0) is 18.9. The van der Waals surface area contributed by atoms with Crippen LogP contribution in [0.3, 0.4) is 0 Å². The predicted octanol–water partition coefficient (Wildman–Crippen LogP) is 5.41. The molecule has 1 amide bonds. The van der Waals surface area contributed by atoms with Gasteiger partial charge in [-0.1, -0.05) is 60.7 Å². The minimum absolute atomic E-state index is 0.159. The molecule has 134 valence electrons. The van der Waals surface area contributed by atoms with Crippen LogP contribution in [0.15, 0.2) is 97.2 Å². The molecule has 0 spiro atoms. The van der Waals surface area contributed by atoms with Crippen molar-refractivity contribution >= 4 is 28.1 Å². The Bertz CT molecular complexity index is 1310. The van der Waals surface area contributed by atoms with Crippen LogP contribution < -0.4 is 5.32 Å². The Labute approximate surface area is 162 Å². The number of hydrogen-bond acceptors (Lipinski definition) is 2. The van der Waals surface area contributed by atoms with Gasteiger partial charge in [0.25, 0.3) is 5.91 Å². The van der Waals surface area contributed by atoms with Gasteiger partial charge in [-0.3, -0.25) is 9.20 Å². The Balaban J connectivity index is 1.66. The van der Waals surface area contributed by atoms with E-state index in [4.69, 9.17) is 4.98 Å². The second-order valence-corrected chi connectivity index (χ2v) is 6.62. The number of nitrogens with zero attached hydrogens (tertiary/aromatic N) is 2. The molecule has 4 heteroatoms. The largest absolute Gasteiger partial charge is 0.306 e. The van der Waals surface area contributed by atoms with Gasteiger partial charge in [0.15, 0.2) is 0 Å². The first-order chi connectivity index (χ1) is 13.8. The number of aromatic nitrogens is 2. The number of hydrogen-bond donors (Lipinski definition) is 1. The zero-order valence-electron chi connectivity index (χ0n) is 15.0. The normalized spacial score (nSPS) is 11.0. The van der Waals surface area contributed by atoms with Gasteiger partial charge in [-0.05, 0) is 41.1 Å². The van der Waals surface area contributed by atoms with Gasteiger partial charge in [-0.15, -0.1) is 0 Å². The molecular weight excluding hydrogens is 346 g/mol.